The summed E-state index contributed by atoms with van der Waals surface area (Å²) in [6.45, 7) is 6.32. The molecule has 3 rings (SSSR count). The van der Waals surface area contributed by atoms with E-state index in [0.29, 0.717) is 21.6 Å². The van der Waals surface area contributed by atoms with Crippen LogP contribution < -0.4 is 5.32 Å². The van der Waals surface area contributed by atoms with Crippen LogP contribution in [0.25, 0.3) is 6.08 Å². The molecular weight excluding hydrogens is 423 g/mol. The highest BCUT2D eigenvalue weighted by atomic mass is 35.5. The molecule has 0 bridgehead atoms. The Morgan fingerprint density at radius 2 is 1.86 bits per heavy atom. The van der Waals surface area contributed by atoms with E-state index < -0.39 is 0 Å². The van der Waals surface area contributed by atoms with E-state index in [1.807, 2.05) is 42.5 Å². The highest BCUT2D eigenvalue weighted by Crippen LogP contribution is 2.35. The number of carbonyl (C=O) groups is 1. The summed E-state index contributed by atoms with van der Waals surface area (Å²) in [5.74, 6) is -0.209. The highest BCUT2D eigenvalue weighted by molar-refractivity contribution is 7.16. The summed E-state index contributed by atoms with van der Waals surface area (Å²) < 4.78 is 0. The molecule has 0 atom stereocenters. The van der Waals surface area contributed by atoms with E-state index >= 15 is 0 Å². The van der Waals surface area contributed by atoms with Gasteiger partial charge in [-0.2, -0.15) is 0 Å². The number of rotatable bonds is 5. The Balaban J connectivity index is 1.81. The van der Waals surface area contributed by atoms with Crippen molar-refractivity contribution in [2.45, 2.75) is 32.6 Å². The van der Waals surface area contributed by atoms with Crippen LogP contribution in [0.5, 0.6) is 0 Å². The molecule has 0 radical (unpaired) electrons. The Hall–Kier alpha value is -2.14. The molecule has 150 valence electrons. The maximum atomic E-state index is 12.3. The van der Waals surface area contributed by atoms with Crippen molar-refractivity contribution >= 4 is 51.7 Å². The molecule has 1 aromatic heterocycles. The number of thiazole rings is 1. The summed E-state index contributed by atoms with van der Waals surface area (Å²) in [5.41, 5.74) is 2.74. The molecular formula is C23H22Cl2N2OS. The molecule has 1 N–H and O–H groups in total. The monoisotopic (exact) mass is 444 g/mol. The molecule has 3 nitrogen and oxygen atoms in total. The molecule has 2 aromatic carbocycles. The topological polar surface area (TPSA) is 42.0 Å². The fourth-order valence-electron chi connectivity index (χ4n) is 2.83. The minimum Gasteiger partial charge on any atom is -0.298 e. The van der Waals surface area contributed by atoms with Crippen molar-refractivity contribution < 1.29 is 4.79 Å². The van der Waals surface area contributed by atoms with Gasteiger partial charge in [0.2, 0.25) is 5.91 Å². The molecule has 0 aliphatic heterocycles. The van der Waals surface area contributed by atoms with Crippen LogP contribution in [0.3, 0.4) is 0 Å². The number of hydrogen-bond acceptors (Lipinski definition) is 3. The number of benzene rings is 2. The maximum Gasteiger partial charge on any atom is 0.250 e. The van der Waals surface area contributed by atoms with Gasteiger partial charge in [0.05, 0.1) is 5.69 Å². The molecule has 0 saturated carbocycles. The fourth-order valence-corrected chi connectivity index (χ4v) is 4.51. The fraction of sp³-hybridized carbons (Fsp3) is 0.217. The van der Waals surface area contributed by atoms with E-state index in [9.17, 15) is 4.79 Å². The summed E-state index contributed by atoms with van der Waals surface area (Å²) in [6.07, 6.45) is 3.93. The number of amides is 1. The molecule has 0 aliphatic carbocycles. The zero-order valence-corrected chi connectivity index (χ0v) is 18.8. The van der Waals surface area contributed by atoms with Gasteiger partial charge in [0, 0.05) is 32.8 Å². The van der Waals surface area contributed by atoms with Gasteiger partial charge in [-0.3, -0.25) is 10.1 Å². The van der Waals surface area contributed by atoms with Crippen LogP contribution >= 0.6 is 34.5 Å². The van der Waals surface area contributed by atoms with Crippen LogP contribution in [0.1, 0.15) is 42.5 Å². The maximum absolute atomic E-state index is 12.3. The average Bonchev–Trinajstić information content (AvgIpc) is 3.06. The number of nitrogens with zero attached hydrogens (tertiary/aromatic N) is 1. The van der Waals surface area contributed by atoms with Crippen LogP contribution in [-0.2, 0) is 16.6 Å². The Bertz CT molecular complexity index is 1040. The van der Waals surface area contributed by atoms with E-state index in [4.69, 9.17) is 28.2 Å². The SMILES string of the molecule is CC(C)(C)c1nc(NC(=O)C=Cc2ccccc2)sc1Cc1ccc(Cl)cc1Cl. The minimum absolute atomic E-state index is 0.159. The smallest absolute Gasteiger partial charge is 0.250 e. The Morgan fingerprint density at radius 3 is 2.52 bits per heavy atom. The molecule has 6 heteroatoms. The second kappa shape index (κ2) is 9.12. The van der Waals surface area contributed by atoms with E-state index in [1.54, 1.807) is 12.1 Å². The molecule has 0 aliphatic rings. The van der Waals surface area contributed by atoms with Crippen molar-refractivity contribution in [1.82, 2.24) is 4.98 Å². The number of halogens is 2. The summed E-state index contributed by atoms with van der Waals surface area (Å²) in [7, 11) is 0. The number of anilines is 1. The third-order valence-corrected chi connectivity index (χ3v) is 5.79. The second-order valence-electron chi connectivity index (χ2n) is 7.69. The van der Waals surface area contributed by atoms with Gasteiger partial charge in [-0.25, -0.2) is 4.98 Å². The van der Waals surface area contributed by atoms with Crippen molar-refractivity contribution in [3.63, 3.8) is 0 Å². The number of carbonyl (C=O) groups excluding carboxylic acids is 1. The van der Waals surface area contributed by atoms with Crippen molar-refractivity contribution in [3.8, 4) is 0 Å². The summed E-state index contributed by atoms with van der Waals surface area (Å²) >= 11 is 13.8. The molecule has 0 fully saturated rings. The van der Waals surface area contributed by atoms with E-state index in [2.05, 4.69) is 26.1 Å². The highest BCUT2D eigenvalue weighted by Gasteiger charge is 2.24. The van der Waals surface area contributed by atoms with Crippen molar-refractivity contribution in [1.29, 1.82) is 0 Å². The number of nitrogens with one attached hydrogen (secondary N) is 1. The standard InChI is InChI=1S/C23H22Cl2N2OS/c1-23(2,3)21-19(13-16-10-11-17(24)14-18(16)25)29-22(27-21)26-20(28)12-9-15-7-5-4-6-8-15/h4-12,14H,13H2,1-3H3,(H,26,27,28). The first-order valence-electron chi connectivity index (χ1n) is 9.20. The molecule has 3 aromatic rings. The Morgan fingerprint density at radius 1 is 1.14 bits per heavy atom. The van der Waals surface area contributed by atoms with Gasteiger partial charge >= 0.3 is 0 Å². The Labute approximate surface area is 185 Å². The lowest BCUT2D eigenvalue weighted by molar-refractivity contribution is -0.111. The van der Waals surface area contributed by atoms with E-state index in [-0.39, 0.29) is 11.3 Å². The van der Waals surface area contributed by atoms with Gasteiger partial charge in [0.1, 0.15) is 0 Å². The minimum atomic E-state index is -0.209. The van der Waals surface area contributed by atoms with Crippen molar-refractivity contribution in [2.75, 3.05) is 5.32 Å². The molecule has 1 amide bonds. The first-order valence-corrected chi connectivity index (χ1v) is 10.8. The van der Waals surface area contributed by atoms with Gasteiger partial charge < -0.3 is 0 Å². The van der Waals surface area contributed by atoms with Gasteiger partial charge in [0.15, 0.2) is 5.13 Å². The van der Waals surface area contributed by atoms with Crippen LogP contribution in [0.4, 0.5) is 5.13 Å². The second-order valence-corrected chi connectivity index (χ2v) is 9.61. The first kappa shape index (κ1) is 21.6. The largest absolute Gasteiger partial charge is 0.298 e. The van der Waals surface area contributed by atoms with Crippen molar-refractivity contribution in [3.05, 3.63) is 86.4 Å². The lowest BCUT2D eigenvalue weighted by atomic mass is 9.90. The normalized spacial score (nSPS) is 11.8. The lowest BCUT2D eigenvalue weighted by Gasteiger charge is -2.17. The van der Waals surface area contributed by atoms with E-state index in [0.717, 1.165) is 21.7 Å². The van der Waals surface area contributed by atoms with Crippen LogP contribution in [-0.4, -0.2) is 10.9 Å². The first-order chi connectivity index (χ1) is 13.7. The number of hydrogen-bond donors (Lipinski definition) is 1. The molecule has 1 heterocycles. The quantitative estimate of drug-likeness (QED) is 0.430. The van der Waals surface area contributed by atoms with Gasteiger partial charge in [-0.1, -0.05) is 80.4 Å². The third kappa shape index (κ3) is 5.92. The zero-order valence-electron chi connectivity index (χ0n) is 16.5. The average molecular weight is 445 g/mol. The molecule has 0 spiro atoms. The molecule has 29 heavy (non-hydrogen) atoms. The number of aromatic nitrogens is 1. The summed E-state index contributed by atoms with van der Waals surface area (Å²) in [4.78, 5) is 18.1. The van der Waals surface area contributed by atoms with Crippen LogP contribution in [0.15, 0.2) is 54.6 Å². The Kier molecular flexibility index (Phi) is 6.78. The van der Waals surface area contributed by atoms with Gasteiger partial charge in [0.25, 0.3) is 0 Å². The molecule has 0 saturated heterocycles. The zero-order chi connectivity index (χ0) is 21.0. The molecule has 0 unspecified atom stereocenters. The predicted molar refractivity (Wildman–Crippen MR) is 124 cm³/mol. The summed E-state index contributed by atoms with van der Waals surface area (Å²) in [6, 6.07) is 15.2. The third-order valence-electron chi connectivity index (χ3n) is 4.23. The van der Waals surface area contributed by atoms with Crippen LogP contribution in [0, 0.1) is 0 Å². The van der Waals surface area contributed by atoms with Gasteiger partial charge in [-0.15, -0.1) is 11.3 Å². The predicted octanol–water partition coefficient (Wildman–Crippen LogP) is 6.99. The summed E-state index contributed by atoms with van der Waals surface area (Å²) in [5, 5.41) is 4.70. The van der Waals surface area contributed by atoms with Crippen molar-refractivity contribution in [2.24, 2.45) is 0 Å². The van der Waals surface area contributed by atoms with Crippen LogP contribution in [0.2, 0.25) is 10.0 Å². The lowest BCUT2D eigenvalue weighted by Crippen LogP contribution is -2.15. The van der Waals surface area contributed by atoms with Gasteiger partial charge in [-0.05, 0) is 29.3 Å². The van der Waals surface area contributed by atoms with E-state index in [1.165, 1.54) is 17.4 Å².